The molecule has 10 heteroatoms. The molecular weight excluding hydrogens is 482 g/mol. The number of ether oxygens (including phenoxy) is 3. The molecule has 1 heterocycles. The second-order valence-electron chi connectivity index (χ2n) is 7.86. The Morgan fingerprint density at radius 3 is 2.42 bits per heavy atom. The van der Waals surface area contributed by atoms with Crippen LogP contribution in [0.1, 0.15) is 36.2 Å². The van der Waals surface area contributed by atoms with Gasteiger partial charge in [0, 0.05) is 19.5 Å². The zero-order chi connectivity index (χ0) is 26.1. The molecule has 0 aromatic heterocycles. The van der Waals surface area contributed by atoms with Crippen molar-refractivity contribution in [3.63, 3.8) is 0 Å². The Morgan fingerprint density at radius 2 is 1.78 bits per heavy atom. The fourth-order valence-corrected chi connectivity index (χ4v) is 4.83. The van der Waals surface area contributed by atoms with Crippen LogP contribution in [0.15, 0.2) is 47.5 Å². The van der Waals surface area contributed by atoms with Crippen molar-refractivity contribution in [3.8, 4) is 11.5 Å². The minimum absolute atomic E-state index is 0.0744. The van der Waals surface area contributed by atoms with Crippen molar-refractivity contribution in [1.82, 2.24) is 10.2 Å². The molecule has 1 aliphatic rings. The lowest BCUT2D eigenvalue weighted by atomic mass is 10.1. The number of nitrogens with zero attached hydrogens (tertiary/aromatic N) is 2. The number of hydrogen-bond donors (Lipinski definition) is 1. The lowest BCUT2D eigenvalue weighted by Gasteiger charge is -2.17. The summed E-state index contributed by atoms with van der Waals surface area (Å²) >= 11 is 1.27. The lowest BCUT2D eigenvalue weighted by Crippen LogP contribution is -2.36. The van der Waals surface area contributed by atoms with Crippen LogP contribution in [0.2, 0.25) is 0 Å². The number of methoxy groups -OCH3 is 2. The number of benzene rings is 2. The average molecular weight is 514 g/mol. The SMILES string of the molecule is CCNC(=O)C[C@@H]1SC(=Nc2ccc(C(=O)OCC)cc2)N(CCc2ccc(OC)c(OC)c2)C1=O. The van der Waals surface area contributed by atoms with Crippen molar-refractivity contribution < 1.29 is 28.6 Å². The summed E-state index contributed by atoms with van der Waals surface area (Å²) < 4.78 is 15.7. The Labute approximate surface area is 215 Å². The van der Waals surface area contributed by atoms with E-state index in [0.717, 1.165) is 5.56 Å². The highest BCUT2D eigenvalue weighted by molar-refractivity contribution is 8.15. The van der Waals surface area contributed by atoms with Crippen molar-refractivity contribution in [2.24, 2.45) is 4.99 Å². The van der Waals surface area contributed by atoms with Crippen molar-refractivity contribution in [2.45, 2.75) is 31.9 Å². The van der Waals surface area contributed by atoms with Gasteiger partial charge in [-0.15, -0.1) is 0 Å². The van der Waals surface area contributed by atoms with E-state index in [9.17, 15) is 14.4 Å². The lowest BCUT2D eigenvalue weighted by molar-refractivity contribution is -0.129. The zero-order valence-electron chi connectivity index (χ0n) is 20.9. The molecule has 0 unspecified atom stereocenters. The van der Waals surface area contributed by atoms with Gasteiger partial charge in [-0.2, -0.15) is 0 Å². The summed E-state index contributed by atoms with van der Waals surface area (Å²) in [5.74, 6) is 0.504. The van der Waals surface area contributed by atoms with Gasteiger partial charge in [0.2, 0.25) is 11.8 Å². The van der Waals surface area contributed by atoms with Gasteiger partial charge in [-0.1, -0.05) is 17.8 Å². The summed E-state index contributed by atoms with van der Waals surface area (Å²) in [7, 11) is 3.15. The first-order chi connectivity index (χ1) is 17.4. The van der Waals surface area contributed by atoms with Gasteiger partial charge >= 0.3 is 5.97 Å². The number of thioether (sulfide) groups is 1. The quantitative estimate of drug-likeness (QED) is 0.458. The molecule has 0 spiro atoms. The number of amidine groups is 1. The summed E-state index contributed by atoms with van der Waals surface area (Å²) in [5, 5.41) is 2.70. The van der Waals surface area contributed by atoms with Crippen LogP contribution in [0.25, 0.3) is 0 Å². The summed E-state index contributed by atoms with van der Waals surface area (Å²) in [6.07, 6.45) is 0.631. The molecule has 36 heavy (non-hydrogen) atoms. The Balaban J connectivity index is 1.82. The van der Waals surface area contributed by atoms with Gasteiger partial charge in [0.25, 0.3) is 0 Å². The third-order valence-electron chi connectivity index (χ3n) is 5.44. The number of amides is 2. The van der Waals surface area contributed by atoms with E-state index in [2.05, 4.69) is 10.3 Å². The van der Waals surface area contributed by atoms with Crippen molar-refractivity contribution >= 4 is 40.4 Å². The summed E-state index contributed by atoms with van der Waals surface area (Å²) in [6.45, 7) is 4.77. The Kier molecular flexibility index (Phi) is 9.75. The third-order valence-corrected chi connectivity index (χ3v) is 6.62. The molecule has 0 saturated carbocycles. The number of hydrogen-bond acceptors (Lipinski definition) is 8. The second-order valence-corrected chi connectivity index (χ2v) is 9.02. The number of aliphatic imine (C=N–C) groups is 1. The molecule has 1 fully saturated rings. The van der Waals surface area contributed by atoms with E-state index in [0.29, 0.717) is 54.0 Å². The van der Waals surface area contributed by atoms with Gasteiger partial charge in [0.1, 0.15) is 5.25 Å². The maximum Gasteiger partial charge on any atom is 0.338 e. The zero-order valence-corrected chi connectivity index (χ0v) is 21.7. The number of esters is 1. The van der Waals surface area contributed by atoms with Gasteiger partial charge in [-0.05, 0) is 62.2 Å². The molecule has 9 nitrogen and oxygen atoms in total. The first kappa shape index (κ1) is 27.1. The van der Waals surface area contributed by atoms with E-state index >= 15 is 0 Å². The van der Waals surface area contributed by atoms with Crippen LogP contribution in [-0.4, -0.2) is 67.0 Å². The molecule has 1 atom stereocenters. The van der Waals surface area contributed by atoms with Crippen LogP contribution < -0.4 is 14.8 Å². The first-order valence-electron chi connectivity index (χ1n) is 11.7. The number of nitrogens with one attached hydrogen (secondary N) is 1. The van der Waals surface area contributed by atoms with Crippen LogP contribution in [0.3, 0.4) is 0 Å². The van der Waals surface area contributed by atoms with Gasteiger partial charge < -0.3 is 19.5 Å². The van der Waals surface area contributed by atoms with Gasteiger partial charge in [-0.25, -0.2) is 9.79 Å². The predicted octanol–water partition coefficient (Wildman–Crippen LogP) is 3.58. The van der Waals surface area contributed by atoms with Crippen LogP contribution >= 0.6 is 11.8 Å². The molecule has 1 saturated heterocycles. The summed E-state index contributed by atoms with van der Waals surface area (Å²) in [6, 6.07) is 12.3. The van der Waals surface area contributed by atoms with Crippen molar-refractivity contribution in [2.75, 3.05) is 33.9 Å². The summed E-state index contributed by atoms with van der Waals surface area (Å²) in [5.41, 5.74) is 1.99. The monoisotopic (exact) mass is 513 g/mol. The third kappa shape index (κ3) is 6.78. The normalized spacial score (nSPS) is 16.2. The maximum atomic E-state index is 13.2. The van der Waals surface area contributed by atoms with Crippen LogP contribution in [0.4, 0.5) is 5.69 Å². The van der Waals surface area contributed by atoms with E-state index in [1.165, 1.54) is 11.8 Å². The van der Waals surface area contributed by atoms with Crippen LogP contribution in [0, 0.1) is 0 Å². The molecule has 2 amide bonds. The second kappa shape index (κ2) is 13.0. The molecule has 0 radical (unpaired) electrons. The molecule has 2 aromatic carbocycles. The topological polar surface area (TPSA) is 107 Å². The molecule has 0 aliphatic carbocycles. The Morgan fingerprint density at radius 1 is 1.06 bits per heavy atom. The van der Waals surface area contributed by atoms with Crippen molar-refractivity contribution in [1.29, 1.82) is 0 Å². The number of rotatable bonds is 11. The minimum atomic E-state index is -0.556. The molecular formula is C26H31N3O6S. The predicted molar refractivity (Wildman–Crippen MR) is 139 cm³/mol. The van der Waals surface area contributed by atoms with Crippen molar-refractivity contribution in [3.05, 3.63) is 53.6 Å². The number of carbonyl (C=O) groups excluding carboxylic acids is 3. The minimum Gasteiger partial charge on any atom is -0.493 e. The van der Waals surface area contributed by atoms with Gasteiger partial charge in [0.15, 0.2) is 16.7 Å². The van der Waals surface area contributed by atoms with Crippen LogP contribution in [0.5, 0.6) is 11.5 Å². The van der Waals surface area contributed by atoms with Gasteiger partial charge in [-0.3, -0.25) is 14.5 Å². The van der Waals surface area contributed by atoms with E-state index in [1.54, 1.807) is 50.3 Å². The van der Waals surface area contributed by atoms with E-state index in [1.807, 2.05) is 25.1 Å². The Hall–Kier alpha value is -3.53. The van der Waals surface area contributed by atoms with Gasteiger partial charge in [0.05, 0.1) is 32.1 Å². The standard InChI is InChI=1S/C26H31N3O6S/c1-5-27-23(30)16-22-24(31)29(14-13-17-7-12-20(33-3)21(15-17)34-4)26(36-22)28-19-10-8-18(9-11-19)25(32)35-6-2/h7-12,15,22H,5-6,13-14,16H2,1-4H3,(H,27,30)/t22-/m0/s1. The average Bonchev–Trinajstić information content (AvgIpc) is 3.16. The number of carbonyl (C=O) groups is 3. The molecule has 192 valence electrons. The largest absolute Gasteiger partial charge is 0.493 e. The fraction of sp³-hybridized carbons (Fsp3) is 0.385. The first-order valence-corrected chi connectivity index (χ1v) is 12.6. The fourth-order valence-electron chi connectivity index (χ4n) is 3.64. The smallest absolute Gasteiger partial charge is 0.338 e. The van der Waals surface area contributed by atoms with E-state index < -0.39 is 11.2 Å². The highest BCUT2D eigenvalue weighted by atomic mass is 32.2. The van der Waals surface area contributed by atoms with E-state index in [-0.39, 0.29) is 18.2 Å². The molecule has 2 aromatic rings. The highest BCUT2D eigenvalue weighted by Crippen LogP contribution is 2.33. The molecule has 0 bridgehead atoms. The molecule has 1 N–H and O–H groups in total. The maximum absolute atomic E-state index is 13.2. The molecule has 1 aliphatic heterocycles. The van der Waals surface area contributed by atoms with E-state index in [4.69, 9.17) is 14.2 Å². The highest BCUT2D eigenvalue weighted by Gasteiger charge is 2.39. The van der Waals surface area contributed by atoms with Crippen LogP contribution in [-0.2, 0) is 20.7 Å². The molecule has 3 rings (SSSR count). The Bertz CT molecular complexity index is 1120. The summed E-state index contributed by atoms with van der Waals surface area (Å²) in [4.78, 5) is 43.6.